The molecule has 0 saturated heterocycles. The van der Waals surface area contributed by atoms with Crippen LogP contribution in [0.2, 0.25) is 0 Å². The Morgan fingerprint density at radius 2 is 1.38 bits per heavy atom. The van der Waals surface area contributed by atoms with E-state index in [1.807, 2.05) is 0 Å². The van der Waals surface area contributed by atoms with E-state index in [4.69, 9.17) is 15.9 Å². The summed E-state index contributed by atoms with van der Waals surface area (Å²) in [5, 5.41) is 0. The predicted octanol–water partition coefficient (Wildman–Crippen LogP) is -11.0. The van der Waals surface area contributed by atoms with Gasteiger partial charge in [-0.05, 0) is 0 Å². The van der Waals surface area contributed by atoms with E-state index in [2.05, 4.69) is 0 Å². The third-order valence-corrected chi connectivity index (χ3v) is 0. The van der Waals surface area contributed by atoms with E-state index in [1.165, 1.54) is 0 Å². The van der Waals surface area contributed by atoms with Crippen molar-refractivity contribution in [3.05, 3.63) is 0 Å². The SMILES string of the molecule is [Cl-].[Li+].[Na+].[O]=[Cr](=[O])([O-])[OH]. The second kappa shape index (κ2) is 8.94. The third kappa shape index (κ3) is 102. The molecule has 40 valence electrons. The first-order valence-corrected chi connectivity index (χ1v) is 2.81. The molecule has 0 atom stereocenters. The van der Waals surface area contributed by atoms with Gasteiger partial charge in [-0.3, -0.25) is 0 Å². The van der Waals surface area contributed by atoms with Gasteiger partial charge in [0.2, 0.25) is 0 Å². The molecule has 0 unspecified atom stereocenters. The summed E-state index contributed by atoms with van der Waals surface area (Å²) in [7, 11) is 0. The fraction of sp³-hybridized carbons (Fsp3) is 0. The Kier molecular flexibility index (Phi) is 25.2. The summed E-state index contributed by atoms with van der Waals surface area (Å²) in [4.78, 5) is 0. The van der Waals surface area contributed by atoms with Crippen LogP contribution in [-0.2, 0) is 21.2 Å². The Bertz CT molecular complexity index is 99.2. The van der Waals surface area contributed by atoms with Crippen molar-refractivity contribution in [2.45, 2.75) is 0 Å². The van der Waals surface area contributed by atoms with E-state index in [0.717, 1.165) is 0 Å². The molecule has 8 heavy (non-hydrogen) atoms. The van der Waals surface area contributed by atoms with Gasteiger partial charge in [-0.2, -0.15) is 0 Å². The Hall–Kier alpha value is 1.94. The predicted molar refractivity (Wildman–Crippen MR) is 3.59 cm³/mol. The van der Waals surface area contributed by atoms with Crippen LogP contribution in [0.15, 0.2) is 0 Å². The van der Waals surface area contributed by atoms with E-state index in [9.17, 15) is 0 Å². The molecule has 0 spiro atoms. The first-order valence-electron chi connectivity index (χ1n) is 0.683. The average Bonchev–Trinajstić information content (AvgIpc) is 0.722. The molecule has 0 aliphatic rings. The van der Waals surface area contributed by atoms with Gasteiger partial charge in [-0.25, -0.2) is 0 Å². The van der Waals surface area contributed by atoms with Crippen molar-refractivity contribution in [1.82, 2.24) is 0 Å². The van der Waals surface area contributed by atoms with Crippen molar-refractivity contribution in [3.8, 4) is 0 Å². The third-order valence-electron chi connectivity index (χ3n) is 0. The monoisotopic (exact) mass is 182 g/mol. The molecule has 0 aliphatic heterocycles. The zero-order valence-electron chi connectivity index (χ0n) is 4.46. The molecule has 8 heteroatoms. The van der Waals surface area contributed by atoms with Crippen molar-refractivity contribution >= 4 is 0 Å². The standard InChI is InChI=1S/ClH.Cr.Li.Na.H2O.3O/h1H;;;;1H2;;;/q;3*+1;;;;-1/p-2. The molecule has 0 radical (unpaired) electrons. The maximum atomic E-state index is 8.70. The Morgan fingerprint density at radius 1 is 1.38 bits per heavy atom. The van der Waals surface area contributed by atoms with Crippen LogP contribution in [0, 0.1) is 0 Å². The summed E-state index contributed by atoms with van der Waals surface area (Å²) in [6, 6.07) is 0. The molecule has 0 heterocycles. The number of halogens is 1. The van der Waals surface area contributed by atoms with E-state index in [1.54, 1.807) is 0 Å². The van der Waals surface area contributed by atoms with Crippen LogP contribution in [0.3, 0.4) is 0 Å². The van der Waals surface area contributed by atoms with Gasteiger partial charge in [-0.15, -0.1) is 0 Å². The van der Waals surface area contributed by atoms with Gasteiger partial charge in [0.15, 0.2) is 0 Å². The zero-order chi connectivity index (χ0) is 4.50. The second-order valence-corrected chi connectivity index (χ2v) is 1.76. The maximum absolute atomic E-state index is 8.70. The average molecular weight is 182 g/mol. The molecule has 0 rings (SSSR count). The first-order chi connectivity index (χ1) is 2.00. The minimum absolute atomic E-state index is 0. The van der Waals surface area contributed by atoms with E-state index >= 15 is 0 Å². The summed E-state index contributed by atoms with van der Waals surface area (Å²) in [5.74, 6) is 0. The molecular formula is HClCrLiNaO4. The van der Waals surface area contributed by atoms with Crippen molar-refractivity contribution in [3.63, 3.8) is 0 Å². The number of hydrogen-bond acceptors (Lipinski definition) is 3. The normalized spacial score (nSPS) is 7.25. The number of hydrogen-bond donors (Lipinski definition) is 1. The topological polar surface area (TPSA) is 77.4 Å². The summed E-state index contributed by atoms with van der Waals surface area (Å²) in [6.07, 6.45) is 0. The fourth-order valence-corrected chi connectivity index (χ4v) is 0. The van der Waals surface area contributed by atoms with Crippen molar-refractivity contribution in [2.24, 2.45) is 0 Å². The van der Waals surface area contributed by atoms with Gasteiger partial charge < -0.3 is 12.4 Å². The van der Waals surface area contributed by atoms with Crippen LogP contribution in [-0.4, -0.2) is 4.16 Å². The van der Waals surface area contributed by atoms with Crippen LogP contribution >= 0.6 is 0 Å². The van der Waals surface area contributed by atoms with Crippen LogP contribution in [0.5, 0.6) is 0 Å². The molecule has 0 aromatic carbocycles. The van der Waals surface area contributed by atoms with Crippen LogP contribution in [0.4, 0.5) is 0 Å². The summed E-state index contributed by atoms with van der Waals surface area (Å²) < 4.78 is 33.1. The van der Waals surface area contributed by atoms with Crippen LogP contribution in [0.25, 0.3) is 0 Å². The fourth-order valence-electron chi connectivity index (χ4n) is 0. The van der Waals surface area contributed by atoms with Crippen molar-refractivity contribution < 1.29 is 90.4 Å². The molecule has 0 bridgehead atoms. The Morgan fingerprint density at radius 3 is 1.38 bits per heavy atom. The Balaban J connectivity index is -0.0000000267. The van der Waals surface area contributed by atoms with Crippen LogP contribution in [0.1, 0.15) is 0 Å². The van der Waals surface area contributed by atoms with Gasteiger partial charge in [0.05, 0.1) is 0 Å². The first kappa shape index (κ1) is 22.5. The van der Waals surface area contributed by atoms with Crippen molar-refractivity contribution in [2.75, 3.05) is 0 Å². The van der Waals surface area contributed by atoms with Crippen molar-refractivity contribution in [1.29, 1.82) is 0 Å². The quantitative estimate of drug-likeness (QED) is 0.377. The summed E-state index contributed by atoms with van der Waals surface area (Å²) in [5.41, 5.74) is 0. The molecule has 0 amide bonds. The summed E-state index contributed by atoms with van der Waals surface area (Å²) >= 11 is -5.50. The number of rotatable bonds is 0. The Labute approximate surface area is 89.3 Å². The molecular weight excluding hydrogens is 181 g/mol. The molecule has 0 aliphatic carbocycles. The molecule has 0 saturated carbocycles. The molecule has 4 nitrogen and oxygen atoms in total. The molecule has 0 aromatic rings. The van der Waals surface area contributed by atoms with Gasteiger partial charge in [0.25, 0.3) is 0 Å². The van der Waals surface area contributed by atoms with Crippen LogP contribution < -0.4 is 65.0 Å². The second-order valence-electron chi connectivity index (χ2n) is 0.428. The molecule has 1 N–H and O–H groups in total. The van der Waals surface area contributed by atoms with E-state index in [-0.39, 0.29) is 60.8 Å². The van der Waals surface area contributed by atoms with E-state index < -0.39 is 13.6 Å². The van der Waals surface area contributed by atoms with Gasteiger partial charge >= 0.3 is 78.0 Å². The van der Waals surface area contributed by atoms with Gasteiger partial charge in [0, 0.05) is 0 Å². The molecule has 0 aromatic heterocycles. The van der Waals surface area contributed by atoms with Gasteiger partial charge in [-0.1, -0.05) is 0 Å². The molecule has 0 fully saturated rings. The minimum atomic E-state index is -5.50. The van der Waals surface area contributed by atoms with E-state index in [0.29, 0.717) is 0 Å². The summed E-state index contributed by atoms with van der Waals surface area (Å²) in [6.45, 7) is 0. The zero-order valence-corrected chi connectivity index (χ0v) is 8.49. The van der Waals surface area contributed by atoms with Gasteiger partial charge in [0.1, 0.15) is 0 Å².